The molecule has 1 rings (SSSR count). The van der Waals surface area contributed by atoms with E-state index in [0.29, 0.717) is 5.02 Å². The lowest BCUT2D eigenvalue weighted by atomic mass is 9.91. The van der Waals surface area contributed by atoms with Crippen molar-refractivity contribution in [1.29, 1.82) is 0 Å². The van der Waals surface area contributed by atoms with Gasteiger partial charge in [0.05, 0.1) is 5.60 Å². The maximum Gasteiger partial charge on any atom is 0.389 e. The molecule has 0 bridgehead atoms. The lowest BCUT2D eigenvalue weighted by molar-refractivity contribution is -0.137. The van der Waals surface area contributed by atoms with Crippen LogP contribution in [0.25, 0.3) is 0 Å². The second-order valence-corrected chi connectivity index (χ2v) is 5.31. The molecule has 0 saturated heterocycles. The largest absolute Gasteiger partial charge is 0.390 e. The molecule has 19 heavy (non-hydrogen) atoms. The van der Waals surface area contributed by atoms with Crippen LogP contribution in [0.15, 0.2) is 18.2 Å². The van der Waals surface area contributed by atoms with Gasteiger partial charge in [0.25, 0.3) is 0 Å². The quantitative estimate of drug-likeness (QED) is 0.793. The van der Waals surface area contributed by atoms with Gasteiger partial charge in [-0.3, -0.25) is 0 Å². The van der Waals surface area contributed by atoms with Crippen LogP contribution in [0, 0.1) is 5.82 Å². The molecule has 1 nitrogen and oxygen atoms in total. The van der Waals surface area contributed by atoms with E-state index in [1.807, 2.05) is 0 Å². The van der Waals surface area contributed by atoms with Crippen LogP contribution in [-0.4, -0.2) is 16.9 Å². The summed E-state index contributed by atoms with van der Waals surface area (Å²) < 4.78 is 49.5. The summed E-state index contributed by atoms with van der Waals surface area (Å²) in [6.07, 6.45) is -5.52. The molecule has 0 aliphatic carbocycles. The standard InChI is InChI=1S/C13H15ClF4O/c1-12(19,5-2-6-13(16,17)18)8-9-7-10(14)3-4-11(9)15/h3-4,7,19H,2,5-6,8H2,1H3. The van der Waals surface area contributed by atoms with Gasteiger partial charge in [-0.2, -0.15) is 13.2 Å². The number of alkyl halides is 3. The molecular weight excluding hydrogens is 284 g/mol. The van der Waals surface area contributed by atoms with Gasteiger partial charge in [0.1, 0.15) is 5.82 Å². The molecule has 0 aromatic heterocycles. The zero-order valence-corrected chi connectivity index (χ0v) is 11.2. The highest BCUT2D eigenvalue weighted by molar-refractivity contribution is 6.30. The highest BCUT2D eigenvalue weighted by atomic mass is 35.5. The normalized spacial score (nSPS) is 15.3. The SMILES string of the molecule is CC(O)(CCCC(F)(F)F)Cc1cc(Cl)ccc1F. The van der Waals surface area contributed by atoms with Crippen LogP contribution < -0.4 is 0 Å². The number of aliphatic hydroxyl groups is 1. The predicted molar refractivity (Wildman–Crippen MR) is 65.6 cm³/mol. The summed E-state index contributed by atoms with van der Waals surface area (Å²) in [5, 5.41) is 10.3. The molecule has 0 amide bonds. The molecule has 1 aromatic carbocycles. The molecule has 0 heterocycles. The van der Waals surface area contributed by atoms with Crippen LogP contribution in [0.1, 0.15) is 31.7 Å². The Hall–Kier alpha value is -0.810. The van der Waals surface area contributed by atoms with Crippen LogP contribution in [0.5, 0.6) is 0 Å². The molecule has 0 spiro atoms. The Bertz CT molecular complexity index is 429. The minimum absolute atomic E-state index is 0.0571. The van der Waals surface area contributed by atoms with Crippen molar-refractivity contribution in [3.05, 3.63) is 34.6 Å². The smallest absolute Gasteiger partial charge is 0.389 e. The first-order valence-electron chi connectivity index (χ1n) is 5.82. The average Bonchev–Trinajstić information content (AvgIpc) is 2.20. The summed E-state index contributed by atoms with van der Waals surface area (Å²) in [5.41, 5.74) is -1.19. The fraction of sp³-hybridized carbons (Fsp3) is 0.538. The van der Waals surface area contributed by atoms with E-state index in [9.17, 15) is 22.7 Å². The molecule has 0 saturated carbocycles. The molecule has 0 fully saturated rings. The van der Waals surface area contributed by atoms with Crippen LogP contribution in [0.4, 0.5) is 17.6 Å². The first kappa shape index (κ1) is 16.2. The molecule has 1 N–H and O–H groups in total. The van der Waals surface area contributed by atoms with Gasteiger partial charge in [-0.1, -0.05) is 11.6 Å². The van der Waals surface area contributed by atoms with Gasteiger partial charge in [-0.25, -0.2) is 4.39 Å². The first-order valence-corrected chi connectivity index (χ1v) is 6.20. The third-order valence-corrected chi connectivity index (χ3v) is 2.99. The van der Waals surface area contributed by atoms with Crippen molar-refractivity contribution in [2.24, 2.45) is 0 Å². The number of hydrogen-bond donors (Lipinski definition) is 1. The van der Waals surface area contributed by atoms with E-state index in [4.69, 9.17) is 11.6 Å². The molecule has 1 aromatic rings. The minimum Gasteiger partial charge on any atom is -0.390 e. The number of benzene rings is 1. The van der Waals surface area contributed by atoms with Crippen molar-refractivity contribution >= 4 is 11.6 Å². The zero-order valence-electron chi connectivity index (χ0n) is 10.4. The van der Waals surface area contributed by atoms with Gasteiger partial charge in [0.2, 0.25) is 0 Å². The number of rotatable bonds is 5. The average molecular weight is 299 g/mol. The van der Waals surface area contributed by atoms with Gasteiger partial charge in [0.15, 0.2) is 0 Å². The minimum atomic E-state index is -4.24. The Labute approximate surface area is 114 Å². The molecule has 6 heteroatoms. The van der Waals surface area contributed by atoms with Crippen LogP contribution >= 0.6 is 11.6 Å². The maximum atomic E-state index is 13.5. The summed E-state index contributed by atoms with van der Waals surface area (Å²) in [5.74, 6) is -0.527. The summed E-state index contributed by atoms with van der Waals surface area (Å²) in [6.45, 7) is 1.39. The van der Waals surface area contributed by atoms with Crippen molar-refractivity contribution < 1.29 is 22.7 Å². The van der Waals surface area contributed by atoms with E-state index in [-0.39, 0.29) is 24.8 Å². The van der Waals surface area contributed by atoms with E-state index in [1.54, 1.807) is 0 Å². The summed E-state index contributed by atoms with van der Waals surface area (Å²) in [4.78, 5) is 0. The highest BCUT2D eigenvalue weighted by Crippen LogP contribution is 2.27. The van der Waals surface area contributed by atoms with Crippen molar-refractivity contribution in [3.63, 3.8) is 0 Å². The van der Waals surface area contributed by atoms with E-state index < -0.39 is 24.0 Å². The van der Waals surface area contributed by atoms with E-state index in [0.717, 1.165) is 0 Å². The summed E-state index contributed by atoms with van der Waals surface area (Å²) >= 11 is 5.71. The second-order valence-electron chi connectivity index (χ2n) is 4.88. The molecular formula is C13H15ClF4O. The van der Waals surface area contributed by atoms with E-state index >= 15 is 0 Å². The highest BCUT2D eigenvalue weighted by Gasteiger charge is 2.29. The van der Waals surface area contributed by atoms with Crippen molar-refractivity contribution in [2.45, 2.75) is 44.4 Å². The second kappa shape index (κ2) is 6.09. The fourth-order valence-electron chi connectivity index (χ4n) is 1.85. The molecule has 0 aliphatic rings. The Balaban J connectivity index is 2.61. The Morgan fingerprint density at radius 2 is 1.84 bits per heavy atom. The number of hydrogen-bond acceptors (Lipinski definition) is 1. The summed E-state index contributed by atoms with van der Waals surface area (Å²) in [7, 11) is 0. The first-order chi connectivity index (χ1) is 8.59. The third kappa shape index (κ3) is 6.25. The van der Waals surface area contributed by atoms with E-state index in [1.165, 1.54) is 25.1 Å². The lowest BCUT2D eigenvalue weighted by Gasteiger charge is -2.24. The Kier molecular flexibility index (Phi) is 5.21. The molecule has 0 aliphatic heterocycles. The van der Waals surface area contributed by atoms with Crippen LogP contribution in [-0.2, 0) is 6.42 Å². The summed E-state index contributed by atoms with van der Waals surface area (Å²) in [6, 6.07) is 3.91. The molecule has 1 unspecified atom stereocenters. The lowest BCUT2D eigenvalue weighted by Crippen LogP contribution is -2.28. The van der Waals surface area contributed by atoms with Gasteiger partial charge in [-0.15, -0.1) is 0 Å². The van der Waals surface area contributed by atoms with Gasteiger partial charge >= 0.3 is 6.18 Å². The Morgan fingerprint density at radius 3 is 2.42 bits per heavy atom. The van der Waals surface area contributed by atoms with Crippen LogP contribution in [0.3, 0.4) is 0 Å². The van der Waals surface area contributed by atoms with Gasteiger partial charge < -0.3 is 5.11 Å². The number of halogens is 5. The zero-order chi connectivity index (χ0) is 14.7. The maximum absolute atomic E-state index is 13.5. The van der Waals surface area contributed by atoms with Crippen molar-refractivity contribution in [3.8, 4) is 0 Å². The molecule has 1 atom stereocenters. The monoisotopic (exact) mass is 298 g/mol. The Morgan fingerprint density at radius 1 is 1.21 bits per heavy atom. The van der Waals surface area contributed by atoms with Crippen LogP contribution in [0.2, 0.25) is 5.02 Å². The van der Waals surface area contributed by atoms with Gasteiger partial charge in [0, 0.05) is 17.9 Å². The van der Waals surface area contributed by atoms with Crippen molar-refractivity contribution in [1.82, 2.24) is 0 Å². The van der Waals surface area contributed by atoms with E-state index in [2.05, 4.69) is 0 Å². The van der Waals surface area contributed by atoms with Crippen molar-refractivity contribution in [2.75, 3.05) is 0 Å². The van der Waals surface area contributed by atoms with Gasteiger partial charge in [-0.05, 0) is 43.5 Å². The topological polar surface area (TPSA) is 20.2 Å². The predicted octanol–water partition coefficient (Wildman–Crippen LogP) is 4.51. The third-order valence-electron chi connectivity index (χ3n) is 2.75. The fourth-order valence-corrected chi connectivity index (χ4v) is 2.04. The molecule has 0 radical (unpaired) electrons. The molecule has 108 valence electrons.